The molecule has 2 heterocycles. The van der Waals surface area contributed by atoms with Gasteiger partial charge >= 0.3 is 0 Å². The predicted molar refractivity (Wildman–Crippen MR) is 109 cm³/mol. The van der Waals surface area contributed by atoms with Gasteiger partial charge in [0.25, 0.3) is 0 Å². The van der Waals surface area contributed by atoms with Crippen LogP contribution < -0.4 is 0 Å². The van der Waals surface area contributed by atoms with Gasteiger partial charge in [-0.15, -0.1) is 0 Å². The third-order valence-electron chi connectivity index (χ3n) is 3.78. The van der Waals surface area contributed by atoms with Crippen molar-refractivity contribution in [3.05, 3.63) is 39.7 Å². The van der Waals surface area contributed by atoms with Crippen molar-refractivity contribution in [2.45, 2.75) is 38.5 Å². The van der Waals surface area contributed by atoms with E-state index in [1.807, 2.05) is 30.3 Å². The standard InChI is InChI=1S/2C6H10NS2.C5H5.V/c2*8-6(9)7-4-2-1-3-5-7;1-2-4-5-3-1;/h2*1-5H2;1-5H;/q2*-3;-1;. The number of piperidine rings is 2. The van der Waals surface area contributed by atoms with Gasteiger partial charge in [0.1, 0.15) is 0 Å². The van der Waals surface area contributed by atoms with Crippen LogP contribution in [-0.4, -0.2) is 36.0 Å². The van der Waals surface area contributed by atoms with Crippen molar-refractivity contribution in [1.82, 2.24) is 9.80 Å². The molecular formula is C17H25N2S4V-7. The first-order valence-corrected chi connectivity index (χ1v) is 9.83. The molecule has 7 heteroatoms. The number of hydrogen-bond acceptors (Lipinski definition) is 6. The van der Waals surface area contributed by atoms with Crippen molar-refractivity contribution in [3.63, 3.8) is 0 Å². The molecule has 3 rings (SSSR count). The van der Waals surface area contributed by atoms with Crippen LogP contribution in [0.4, 0.5) is 0 Å². The summed E-state index contributed by atoms with van der Waals surface area (Å²) in [5.74, 6) is 0. The summed E-state index contributed by atoms with van der Waals surface area (Å²) in [5, 5.41) is 0. The van der Waals surface area contributed by atoms with Crippen LogP contribution in [0.15, 0.2) is 30.3 Å². The van der Waals surface area contributed by atoms with E-state index in [2.05, 4.69) is 9.80 Å². The third-order valence-corrected chi connectivity index (χ3v) is 4.82. The Morgan fingerprint density at radius 2 is 0.958 bits per heavy atom. The maximum Gasteiger partial charge on any atom is 0 e. The summed E-state index contributed by atoms with van der Waals surface area (Å²) in [6, 6.07) is 10.0. The quantitative estimate of drug-likeness (QED) is 0.514. The van der Waals surface area contributed by atoms with Crippen molar-refractivity contribution in [2.24, 2.45) is 0 Å². The number of hydrogen-bond donors (Lipinski definition) is 0. The number of nitrogens with zero attached hydrogens (tertiary/aromatic N) is 2. The molecule has 0 aliphatic carbocycles. The van der Waals surface area contributed by atoms with Gasteiger partial charge in [-0.2, -0.15) is 18.2 Å². The summed E-state index contributed by atoms with van der Waals surface area (Å²) < 4.78 is 1.30. The monoisotopic (exact) mass is 436 g/mol. The van der Waals surface area contributed by atoms with Crippen molar-refractivity contribution in [2.75, 3.05) is 26.2 Å². The molecule has 139 valence electrons. The molecule has 0 amide bonds. The molecule has 0 bridgehead atoms. The minimum Gasteiger partial charge on any atom is -1.02 e. The van der Waals surface area contributed by atoms with Crippen LogP contribution in [0.2, 0.25) is 0 Å². The molecule has 0 saturated carbocycles. The minimum atomic E-state index is 0. The summed E-state index contributed by atoms with van der Waals surface area (Å²) in [4.78, 5) is 4.21. The van der Waals surface area contributed by atoms with Gasteiger partial charge in [-0.3, -0.25) is 0 Å². The van der Waals surface area contributed by atoms with Gasteiger partial charge in [0, 0.05) is 18.6 Å². The van der Waals surface area contributed by atoms with Gasteiger partial charge in [0.2, 0.25) is 0 Å². The Kier molecular flexibility index (Phi) is 17.3. The molecule has 2 saturated heterocycles. The molecule has 1 aromatic carbocycles. The maximum absolute atomic E-state index is 4.86. The molecule has 1 radical (unpaired) electrons. The Morgan fingerprint density at radius 1 is 0.625 bits per heavy atom. The molecule has 0 atom stereocenters. The van der Waals surface area contributed by atoms with Gasteiger partial charge in [0.15, 0.2) is 0 Å². The molecule has 2 aliphatic rings. The van der Waals surface area contributed by atoms with E-state index in [9.17, 15) is 0 Å². The van der Waals surface area contributed by atoms with Gasteiger partial charge in [0.05, 0.1) is 0 Å². The zero-order valence-electron chi connectivity index (χ0n) is 13.9. The van der Waals surface area contributed by atoms with Gasteiger partial charge in [-0.1, -0.05) is 12.8 Å². The second kappa shape index (κ2) is 16.4. The maximum atomic E-state index is 4.86. The van der Waals surface area contributed by atoms with Crippen LogP contribution in [-0.2, 0) is 69.1 Å². The van der Waals surface area contributed by atoms with E-state index >= 15 is 0 Å². The normalized spacial score (nSPS) is 18.9. The SMILES string of the molecule is [S-][C-]([S-])N1CCCCC1.[S-][C-]([S-])N1CCCCC1.[V].c1cc[cH-]c1. The molecule has 0 spiro atoms. The Balaban J connectivity index is 0.000000337. The topological polar surface area (TPSA) is 6.48 Å². The first-order valence-electron chi connectivity index (χ1n) is 8.20. The van der Waals surface area contributed by atoms with Crippen molar-refractivity contribution in [1.29, 1.82) is 0 Å². The first-order chi connectivity index (χ1) is 11.1. The van der Waals surface area contributed by atoms with Gasteiger partial charge in [-0.05, 0) is 51.9 Å². The molecule has 2 fully saturated rings. The summed E-state index contributed by atoms with van der Waals surface area (Å²) in [5.41, 5.74) is 0. The fourth-order valence-electron chi connectivity index (χ4n) is 2.47. The second-order valence-electron chi connectivity index (χ2n) is 5.59. The van der Waals surface area contributed by atoms with E-state index in [-0.39, 0.29) is 18.6 Å². The fourth-order valence-corrected chi connectivity index (χ4v) is 3.20. The summed E-state index contributed by atoms with van der Waals surface area (Å²) >= 11 is 19.4. The number of likely N-dealkylation sites (tertiary alicyclic amines) is 2. The van der Waals surface area contributed by atoms with Crippen molar-refractivity contribution >= 4 is 50.5 Å². The largest absolute Gasteiger partial charge is 1.02 e. The van der Waals surface area contributed by atoms with Crippen LogP contribution >= 0.6 is 0 Å². The first kappa shape index (κ1) is 25.3. The minimum absolute atomic E-state index is 0. The Morgan fingerprint density at radius 3 is 1.12 bits per heavy atom. The van der Waals surface area contributed by atoms with Crippen LogP contribution in [0.25, 0.3) is 0 Å². The summed E-state index contributed by atoms with van der Waals surface area (Å²) in [7, 11) is 0. The van der Waals surface area contributed by atoms with Crippen molar-refractivity contribution < 1.29 is 18.6 Å². The molecular weight excluding hydrogens is 411 g/mol. The zero-order valence-corrected chi connectivity index (χ0v) is 18.6. The Hall–Kier alpha value is 1.25. The van der Waals surface area contributed by atoms with Crippen LogP contribution in [0.5, 0.6) is 0 Å². The number of rotatable bonds is 2. The molecule has 0 N–H and O–H groups in total. The Labute approximate surface area is 182 Å². The summed E-state index contributed by atoms with van der Waals surface area (Å²) in [6.07, 6.45) is 7.73. The van der Waals surface area contributed by atoms with E-state index in [1.165, 1.54) is 38.5 Å². The van der Waals surface area contributed by atoms with Crippen LogP contribution in [0.3, 0.4) is 0 Å². The van der Waals surface area contributed by atoms with E-state index in [0.29, 0.717) is 9.41 Å². The predicted octanol–water partition coefficient (Wildman–Crippen LogP) is 3.43. The van der Waals surface area contributed by atoms with Crippen molar-refractivity contribution in [3.8, 4) is 0 Å². The molecule has 0 aromatic heterocycles. The van der Waals surface area contributed by atoms with Crippen LogP contribution in [0, 0.1) is 9.41 Å². The van der Waals surface area contributed by atoms with Gasteiger partial charge < -0.3 is 69.7 Å². The van der Waals surface area contributed by atoms with E-state index in [1.54, 1.807) is 0 Å². The zero-order chi connectivity index (χ0) is 16.9. The molecule has 2 nitrogen and oxygen atoms in total. The molecule has 24 heavy (non-hydrogen) atoms. The van der Waals surface area contributed by atoms with E-state index in [4.69, 9.17) is 50.5 Å². The van der Waals surface area contributed by atoms with Crippen LogP contribution in [0.1, 0.15) is 38.5 Å². The molecule has 2 aliphatic heterocycles. The smallest absolute Gasteiger partial charge is 0 e. The summed E-state index contributed by atoms with van der Waals surface area (Å²) in [6.45, 7) is 4.34. The average molecular weight is 437 g/mol. The second-order valence-corrected chi connectivity index (χ2v) is 7.65. The molecule has 1 aromatic rings. The Bertz CT molecular complexity index is 312. The third kappa shape index (κ3) is 12.6. The van der Waals surface area contributed by atoms with Gasteiger partial charge in [-0.25, -0.2) is 12.1 Å². The van der Waals surface area contributed by atoms with E-state index < -0.39 is 0 Å². The average Bonchev–Trinajstić information content (AvgIpc) is 3.17. The van der Waals surface area contributed by atoms with E-state index in [0.717, 1.165) is 26.2 Å². The fraction of sp³-hybridized carbons (Fsp3) is 0.588. The molecule has 0 unspecified atom stereocenters.